The molecule has 3 aromatic rings. The van der Waals surface area contributed by atoms with Crippen LogP contribution in [0.1, 0.15) is 45.5 Å². The fourth-order valence-electron chi connectivity index (χ4n) is 5.23. The Kier molecular flexibility index (Phi) is 8.67. The van der Waals surface area contributed by atoms with Crippen molar-refractivity contribution in [3.63, 3.8) is 0 Å². The fraction of sp³-hybridized carbons (Fsp3) is 0.536. The number of anilines is 1. The maximum absolute atomic E-state index is 12.2. The van der Waals surface area contributed by atoms with Crippen molar-refractivity contribution in [3.8, 4) is 0 Å². The third-order valence-corrected chi connectivity index (χ3v) is 9.13. The first-order valence-electron chi connectivity index (χ1n) is 13.7. The number of hydrogen-bond acceptors (Lipinski definition) is 11. The number of aliphatic hydroxyl groups is 2. The molecular weight excluding hydrogens is 603 g/mol. The van der Waals surface area contributed by atoms with Gasteiger partial charge in [-0.05, 0) is 50.9 Å². The molecule has 0 amide bonds. The summed E-state index contributed by atoms with van der Waals surface area (Å²) >= 11 is 6.33. The molecule has 1 saturated heterocycles. The summed E-state index contributed by atoms with van der Waals surface area (Å²) < 4.78 is 34.8. The first-order valence-corrected chi connectivity index (χ1v) is 15.9. The lowest BCUT2D eigenvalue weighted by molar-refractivity contribution is -0.160. The molecule has 1 saturated carbocycles. The quantitative estimate of drug-likeness (QED) is 0.121. The molecule has 5 rings (SSSR count). The van der Waals surface area contributed by atoms with Crippen molar-refractivity contribution in [2.24, 2.45) is 11.3 Å². The molecule has 0 bridgehead atoms. The molecule has 43 heavy (non-hydrogen) atoms. The van der Waals surface area contributed by atoms with E-state index in [1.54, 1.807) is 37.6 Å². The van der Waals surface area contributed by atoms with E-state index in [1.807, 2.05) is 49.2 Å². The van der Waals surface area contributed by atoms with E-state index in [9.17, 15) is 24.5 Å². The molecule has 2 aliphatic rings. The zero-order chi connectivity index (χ0) is 31.3. The van der Waals surface area contributed by atoms with Gasteiger partial charge in [-0.15, -0.1) is 0 Å². The molecule has 15 heteroatoms. The number of benzene rings is 1. The zero-order valence-corrected chi connectivity index (χ0v) is 26.1. The third-order valence-electron chi connectivity index (χ3n) is 7.94. The fourth-order valence-corrected chi connectivity index (χ4v) is 6.02. The van der Waals surface area contributed by atoms with Crippen LogP contribution in [0.15, 0.2) is 42.6 Å². The van der Waals surface area contributed by atoms with Crippen molar-refractivity contribution in [1.82, 2.24) is 14.5 Å². The Morgan fingerprint density at radius 2 is 1.95 bits per heavy atom. The van der Waals surface area contributed by atoms with Crippen LogP contribution in [0, 0.1) is 11.3 Å². The number of carbonyl (C=O) groups excluding carboxylic acids is 1. The Morgan fingerprint density at radius 1 is 1.26 bits per heavy atom. The maximum atomic E-state index is 12.2. The molecule has 234 valence electrons. The van der Waals surface area contributed by atoms with Crippen molar-refractivity contribution in [2.45, 2.75) is 57.8 Å². The molecule has 0 radical (unpaired) electrons. The number of rotatable bonds is 11. The largest absolute Gasteiger partial charge is 0.438 e. The van der Waals surface area contributed by atoms with Crippen LogP contribution in [0.5, 0.6) is 0 Å². The molecule has 3 N–H and O–H groups in total. The van der Waals surface area contributed by atoms with E-state index in [-0.39, 0.29) is 17.9 Å². The summed E-state index contributed by atoms with van der Waals surface area (Å²) in [6.07, 6.45) is -2.11. The molecule has 1 aromatic carbocycles. The SMILES string of the molecule is C[C@H](c1ccccc1)N(C)c1nc(Cl)nc2c1ccn2[C@@H]1O[C@@H]2C(COCP(=O)(O)OCOC(=O)C(C)(C)C)[C@]2(O)[C@H]1O. The summed E-state index contributed by atoms with van der Waals surface area (Å²) in [5.74, 6) is -0.640. The number of fused-ring (bicyclic) bond motifs is 2. The average Bonchev–Trinajstić information content (AvgIpc) is 3.18. The predicted octanol–water partition coefficient (Wildman–Crippen LogP) is 3.62. The average molecular weight is 639 g/mol. The van der Waals surface area contributed by atoms with Crippen LogP contribution in [0.2, 0.25) is 5.28 Å². The Morgan fingerprint density at radius 3 is 2.58 bits per heavy atom. The molecule has 2 aromatic heterocycles. The van der Waals surface area contributed by atoms with Gasteiger partial charge in [0.05, 0.1) is 23.4 Å². The first kappa shape index (κ1) is 31.8. The van der Waals surface area contributed by atoms with Crippen molar-refractivity contribution in [2.75, 3.05) is 31.7 Å². The monoisotopic (exact) mass is 638 g/mol. The number of halogens is 1. The lowest BCUT2D eigenvalue weighted by Crippen LogP contribution is -2.36. The minimum absolute atomic E-state index is 0.0148. The van der Waals surface area contributed by atoms with Crippen molar-refractivity contribution in [1.29, 1.82) is 0 Å². The predicted molar refractivity (Wildman–Crippen MR) is 156 cm³/mol. The van der Waals surface area contributed by atoms with Gasteiger partial charge in [0.1, 0.15) is 35.6 Å². The normalized spacial score (nSPS) is 27.0. The van der Waals surface area contributed by atoms with Gasteiger partial charge in [-0.25, -0.2) is 0 Å². The lowest BCUT2D eigenvalue weighted by Gasteiger charge is -2.27. The van der Waals surface area contributed by atoms with Crippen LogP contribution in [0.4, 0.5) is 5.82 Å². The number of hydrogen-bond donors (Lipinski definition) is 3. The lowest BCUT2D eigenvalue weighted by atomic mass is 9.98. The van der Waals surface area contributed by atoms with Gasteiger partial charge >= 0.3 is 13.6 Å². The Bertz CT molecular complexity index is 1530. The van der Waals surface area contributed by atoms with E-state index in [2.05, 4.69) is 9.97 Å². The molecule has 7 atom stereocenters. The summed E-state index contributed by atoms with van der Waals surface area (Å²) in [6, 6.07) is 11.7. The molecular formula is C28H36ClN4O9P. The minimum atomic E-state index is -4.24. The van der Waals surface area contributed by atoms with Crippen LogP contribution >= 0.6 is 19.2 Å². The van der Waals surface area contributed by atoms with Gasteiger partial charge in [-0.2, -0.15) is 9.97 Å². The summed E-state index contributed by atoms with van der Waals surface area (Å²) in [4.78, 5) is 32.6. The number of ether oxygens (including phenoxy) is 3. The Hall–Kier alpha value is -2.61. The molecule has 1 aliphatic heterocycles. The molecule has 13 nitrogen and oxygen atoms in total. The topological polar surface area (TPSA) is 166 Å². The highest BCUT2D eigenvalue weighted by Gasteiger charge is 2.76. The molecule has 2 unspecified atom stereocenters. The number of nitrogens with zero attached hydrogens (tertiary/aromatic N) is 4. The van der Waals surface area contributed by atoms with Gasteiger partial charge < -0.3 is 38.8 Å². The van der Waals surface area contributed by atoms with Gasteiger partial charge in [-0.1, -0.05) is 30.3 Å². The highest BCUT2D eigenvalue weighted by Crippen LogP contribution is 2.59. The van der Waals surface area contributed by atoms with Crippen molar-refractivity contribution in [3.05, 3.63) is 53.4 Å². The number of esters is 1. The molecule has 0 spiro atoms. The van der Waals surface area contributed by atoms with Crippen LogP contribution < -0.4 is 4.90 Å². The van der Waals surface area contributed by atoms with Crippen LogP contribution in [0.25, 0.3) is 11.0 Å². The standard InChI is InChI=1S/C28H36ClN4O9P/c1-16(17-9-7-6-8-10-17)32(5)22-18-11-12-33(23(18)31-26(29)30-22)24-20(34)28(36)19(21(28)42-24)13-39-15-43(37,38)41-14-40-25(35)27(2,3)4/h6-12,16,19-21,24,34,36H,13-15H2,1-5H3,(H,37,38)/t16-,19?,20+,21-,24-,28+/m1/s1. The van der Waals surface area contributed by atoms with Gasteiger partial charge in [0, 0.05) is 19.2 Å². The van der Waals surface area contributed by atoms with Gasteiger partial charge in [0.15, 0.2) is 6.23 Å². The first-order chi connectivity index (χ1) is 20.1. The van der Waals surface area contributed by atoms with Crippen molar-refractivity contribution < 1.29 is 43.2 Å². The van der Waals surface area contributed by atoms with Crippen LogP contribution in [-0.4, -0.2) is 80.2 Å². The molecule has 1 aliphatic carbocycles. The highest BCUT2D eigenvalue weighted by atomic mass is 35.5. The maximum Gasteiger partial charge on any atom is 0.356 e. The van der Waals surface area contributed by atoms with E-state index in [1.165, 1.54) is 0 Å². The third kappa shape index (κ3) is 6.18. The van der Waals surface area contributed by atoms with E-state index in [4.69, 9.17) is 30.3 Å². The molecule has 2 fully saturated rings. The Labute approximate surface area is 253 Å². The molecule has 3 heterocycles. The van der Waals surface area contributed by atoms with Crippen LogP contribution in [-0.2, 0) is 28.1 Å². The zero-order valence-electron chi connectivity index (χ0n) is 24.5. The smallest absolute Gasteiger partial charge is 0.356 e. The summed E-state index contributed by atoms with van der Waals surface area (Å²) in [5.41, 5.74) is -0.912. The van der Waals surface area contributed by atoms with E-state index in [0.29, 0.717) is 16.9 Å². The van der Waals surface area contributed by atoms with Gasteiger partial charge in [0.25, 0.3) is 0 Å². The summed E-state index contributed by atoms with van der Waals surface area (Å²) in [5, 5.41) is 23.0. The van der Waals surface area contributed by atoms with Gasteiger partial charge in [0.2, 0.25) is 12.1 Å². The number of aliphatic hydroxyl groups excluding tert-OH is 1. The van der Waals surface area contributed by atoms with Crippen molar-refractivity contribution >= 4 is 42.0 Å². The van der Waals surface area contributed by atoms with Gasteiger partial charge in [-0.3, -0.25) is 13.9 Å². The Balaban J connectivity index is 1.22. The number of aromatic nitrogens is 3. The second-order valence-corrected chi connectivity index (χ2v) is 14.1. The highest BCUT2D eigenvalue weighted by molar-refractivity contribution is 7.52. The second-order valence-electron chi connectivity index (χ2n) is 11.9. The second kappa shape index (κ2) is 11.7. The number of carbonyl (C=O) groups is 1. The van der Waals surface area contributed by atoms with E-state index < -0.39 is 62.1 Å². The van der Waals surface area contributed by atoms with E-state index >= 15 is 0 Å². The van der Waals surface area contributed by atoms with Crippen LogP contribution in [0.3, 0.4) is 0 Å². The summed E-state index contributed by atoms with van der Waals surface area (Å²) in [7, 11) is -2.33. The van der Waals surface area contributed by atoms with E-state index in [0.717, 1.165) is 5.56 Å². The summed E-state index contributed by atoms with van der Waals surface area (Å²) in [6.45, 7) is 6.09. The minimum Gasteiger partial charge on any atom is -0.438 e.